The van der Waals surface area contributed by atoms with E-state index in [1.165, 1.54) is 12.5 Å². The molecule has 1 aromatic carbocycles. The highest BCUT2D eigenvalue weighted by molar-refractivity contribution is 7.89. The first-order valence-electron chi connectivity index (χ1n) is 12.7. The van der Waals surface area contributed by atoms with E-state index in [0.29, 0.717) is 17.8 Å². The van der Waals surface area contributed by atoms with Gasteiger partial charge in [0, 0.05) is 34.9 Å². The Bertz CT molecular complexity index is 1150. The molecule has 1 aliphatic rings. The molecule has 1 aliphatic carbocycles. The smallest absolute Gasteiger partial charge is 0.407 e. The molecule has 36 heavy (non-hydrogen) atoms. The fraction of sp³-hybridized carbons (Fsp3) is 0.615. The maximum atomic E-state index is 13.2. The van der Waals surface area contributed by atoms with Gasteiger partial charge in [0.2, 0.25) is 10.0 Å². The van der Waals surface area contributed by atoms with Crippen molar-refractivity contribution in [2.45, 2.75) is 102 Å². The van der Waals surface area contributed by atoms with E-state index in [0.717, 1.165) is 48.4 Å². The molecule has 8 nitrogen and oxygen atoms in total. The number of hydrogen-bond donors (Lipinski definition) is 3. The monoisotopic (exact) mass is 536 g/mol. The van der Waals surface area contributed by atoms with E-state index in [1.807, 2.05) is 34.6 Å². The summed E-state index contributed by atoms with van der Waals surface area (Å²) in [6.07, 6.45) is 8.52. The van der Waals surface area contributed by atoms with Crippen LogP contribution >= 0.6 is 11.3 Å². The Morgan fingerprint density at radius 3 is 2.56 bits per heavy atom. The quantitative estimate of drug-likeness (QED) is 0.284. The average Bonchev–Trinajstić information content (AvgIpc) is 3.26. The molecule has 0 spiro atoms. The van der Waals surface area contributed by atoms with Crippen LogP contribution in [0.5, 0.6) is 0 Å². The standard InChI is InChI=1S/C26H40N4O4S2/c1-18(2)34-24(31)28-15-9-14-26(12-7-6-8-13-26)23-29-17-21(35-23)20-11-10-19(27)16-22(20)36(32,33)30-25(3,4)5/h10-11,16-18,30H,6-9,12-15,27H2,1-5H3,(H,28,31). The minimum Gasteiger partial charge on any atom is -0.447 e. The highest BCUT2D eigenvalue weighted by atomic mass is 32.2. The number of nitrogens with zero attached hydrogens (tertiary/aromatic N) is 1. The predicted molar refractivity (Wildman–Crippen MR) is 146 cm³/mol. The van der Waals surface area contributed by atoms with Crippen molar-refractivity contribution in [2.24, 2.45) is 0 Å². The zero-order chi connectivity index (χ0) is 26.6. The number of carbonyl (C=O) groups excluding carboxylic acids is 1. The van der Waals surface area contributed by atoms with E-state index in [4.69, 9.17) is 15.5 Å². The molecule has 1 heterocycles. The molecule has 0 saturated heterocycles. The number of anilines is 1. The van der Waals surface area contributed by atoms with Gasteiger partial charge in [-0.1, -0.05) is 25.3 Å². The van der Waals surface area contributed by atoms with Gasteiger partial charge in [-0.15, -0.1) is 11.3 Å². The lowest BCUT2D eigenvalue weighted by atomic mass is 9.71. The van der Waals surface area contributed by atoms with Crippen molar-refractivity contribution >= 4 is 33.1 Å². The Morgan fingerprint density at radius 1 is 1.22 bits per heavy atom. The van der Waals surface area contributed by atoms with Crippen molar-refractivity contribution in [1.29, 1.82) is 0 Å². The van der Waals surface area contributed by atoms with Gasteiger partial charge < -0.3 is 15.8 Å². The first kappa shape index (κ1) is 28.4. The van der Waals surface area contributed by atoms with Gasteiger partial charge in [-0.25, -0.2) is 22.9 Å². The second kappa shape index (κ2) is 11.5. The van der Waals surface area contributed by atoms with Crippen molar-refractivity contribution in [3.05, 3.63) is 29.4 Å². The number of nitrogen functional groups attached to an aromatic ring is 1. The first-order chi connectivity index (χ1) is 16.8. The number of benzene rings is 1. The summed E-state index contributed by atoms with van der Waals surface area (Å²) in [5, 5.41) is 3.87. The van der Waals surface area contributed by atoms with Crippen LogP contribution in [-0.2, 0) is 20.2 Å². The molecule has 2 aromatic rings. The molecule has 0 bridgehead atoms. The third-order valence-electron chi connectivity index (χ3n) is 6.22. The van der Waals surface area contributed by atoms with Crippen LogP contribution in [0, 0.1) is 0 Å². The number of rotatable bonds is 9. The van der Waals surface area contributed by atoms with E-state index in [1.54, 1.807) is 29.7 Å². The molecular weight excluding hydrogens is 496 g/mol. The first-order valence-corrected chi connectivity index (χ1v) is 15.0. The zero-order valence-corrected chi connectivity index (χ0v) is 23.7. The molecule has 0 unspecified atom stereocenters. The Morgan fingerprint density at radius 2 is 1.92 bits per heavy atom. The minimum atomic E-state index is -3.79. The molecule has 200 valence electrons. The molecule has 0 atom stereocenters. The summed E-state index contributed by atoms with van der Waals surface area (Å²) in [7, 11) is -3.79. The van der Waals surface area contributed by atoms with Gasteiger partial charge in [0.15, 0.2) is 0 Å². The summed E-state index contributed by atoms with van der Waals surface area (Å²) < 4.78 is 34.4. The molecule has 0 radical (unpaired) electrons. The largest absolute Gasteiger partial charge is 0.447 e. The number of alkyl carbamates (subject to hydrolysis) is 1. The van der Waals surface area contributed by atoms with Crippen LogP contribution in [0.1, 0.15) is 84.6 Å². The molecule has 1 fully saturated rings. The lowest BCUT2D eigenvalue weighted by Crippen LogP contribution is -2.40. The van der Waals surface area contributed by atoms with Crippen LogP contribution in [0.2, 0.25) is 0 Å². The molecule has 0 aliphatic heterocycles. The number of ether oxygens (including phenoxy) is 1. The molecule has 1 saturated carbocycles. The average molecular weight is 537 g/mol. The van der Waals surface area contributed by atoms with Gasteiger partial charge in [0.1, 0.15) is 0 Å². The number of nitrogens with one attached hydrogen (secondary N) is 2. The second-order valence-electron chi connectivity index (χ2n) is 11.0. The summed E-state index contributed by atoms with van der Waals surface area (Å²) in [6.45, 7) is 9.63. The second-order valence-corrected chi connectivity index (χ2v) is 13.6. The van der Waals surface area contributed by atoms with Crippen LogP contribution in [0.25, 0.3) is 10.4 Å². The maximum absolute atomic E-state index is 13.2. The fourth-order valence-corrected chi connectivity index (χ4v) is 7.71. The van der Waals surface area contributed by atoms with Crippen LogP contribution in [0.15, 0.2) is 29.3 Å². The van der Waals surface area contributed by atoms with Gasteiger partial charge in [-0.3, -0.25) is 0 Å². The maximum Gasteiger partial charge on any atom is 0.407 e. The zero-order valence-electron chi connectivity index (χ0n) is 22.0. The van der Waals surface area contributed by atoms with E-state index in [9.17, 15) is 13.2 Å². The summed E-state index contributed by atoms with van der Waals surface area (Å²) in [5.41, 5.74) is 6.29. The summed E-state index contributed by atoms with van der Waals surface area (Å²) in [5.74, 6) is 0. The molecule has 4 N–H and O–H groups in total. The summed E-state index contributed by atoms with van der Waals surface area (Å²) in [6, 6.07) is 5.01. The highest BCUT2D eigenvalue weighted by Crippen LogP contribution is 2.46. The molecular formula is C26H40N4O4S2. The van der Waals surface area contributed by atoms with E-state index in [2.05, 4.69) is 10.0 Å². The Hall–Kier alpha value is -2.17. The number of aromatic nitrogens is 1. The van der Waals surface area contributed by atoms with Crippen LogP contribution in [-0.4, -0.2) is 37.7 Å². The lowest BCUT2D eigenvalue weighted by molar-refractivity contribution is 0.115. The van der Waals surface area contributed by atoms with Crippen molar-refractivity contribution in [2.75, 3.05) is 12.3 Å². The number of hydrogen-bond acceptors (Lipinski definition) is 7. The minimum absolute atomic E-state index is 0.0681. The normalized spacial score (nSPS) is 16.2. The number of thiazole rings is 1. The molecule has 10 heteroatoms. The number of nitrogens with two attached hydrogens (primary N) is 1. The SMILES string of the molecule is CC(C)OC(=O)NCCCC1(c2ncc(-c3ccc(N)cc3S(=O)(=O)NC(C)(C)C)s2)CCCCC1. The van der Waals surface area contributed by atoms with Gasteiger partial charge in [0.05, 0.1) is 20.9 Å². The fourth-order valence-electron chi connectivity index (χ4n) is 4.74. The Balaban J connectivity index is 1.85. The number of sulfonamides is 1. The summed E-state index contributed by atoms with van der Waals surface area (Å²) in [4.78, 5) is 17.6. The Labute approximate surface area is 219 Å². The Kier molecular flexibility index (Phi) is 9.06. The van der Waals surface area contributed by atoms with Crippen LogP contribution in [0.4, 0.5) is 10.5 Å². The topological polar surface area (TPSA) is 123 Å². The molecule has 1 amide bonds. The molecule has 3 rings (SSSR count). The van der Waals surface area contributed by atoms with E-state index in [-0.39, 0.29) is 22.5 Å². The number of carbonyl (C=O) groups is 1. The third-order valence-corrected chi connectivity index (χ3v) is 9.29. The van der Waals surface area contributed by atoms with Gasteiger partial charge in [-0.2, -0.15) is 0 Å². The van der Waals surface area contributed by atoms with Crippen molar-refractivity contribution < 1.29 is 17.9 Å². The lowest BCUT2D eigenvalue weighted by Gasteiger charge is -2.35. The van der Waals surface area contributed by atoms with Crippen molar-refractivity contribution in [3.8, 4) is 10.4 Å². The summed E-state index contributed by atoms with van der Waals surface area (Å²) >= 11 is 1.56. The van der Waals surface area contributed by atoms with Crippen LogP contribution in [0.3, 0.4) is 0 Å². The van der Waals surface area contributed by atoms with Crippen LogP contribution < -0.4 is 15.8 Å². The highest BCUT2D eigenvalue weighted by Gasteiger charge is 2.36. The number of amides is 1. The van der Waals surface area contributed by atoms with Crippen molar-refractivity contribution in [3.63, 3.8) is 0 Å². The van der Waals surface area contributed by atoms with Gasteiger partial charge in [-0.05, 0) is 72.4 Å². The van der Waals surface area contributed by atoms with Gasteiger partial charge in [0.25, 0.3) is 0 Å². The van der Waals surface area contributed by atoms with Gasteiger partial charge >= 0.3 is 6.09 Å². The van der Waals surface area contributed by atoms with E-state index >= 15 is 0 Å². The molecule has 1 aromatic heterocycles. The third kappa shape index (κ3) is 7.43. The van der Waals surface area contributed by atoms with E-state index < -0.39 is 15.6 Å². The predicted octanol–water partition coefficient (Wildman–Crippen LogP) is 5.59. The van der Waals surface area contributed by atoms with Crippen molar-refractivity contribution in [1.82, 2.24) is 15.0 Å².